The highest BCUT2D eigenvalue weighted by atomic mass is 16.3. The Morgan fingerprint density at radius 1 is 1.58 bits per heavy atom. The van der Waals surface area contributed by atoms with Gasteiger partial charge in [0.1, 0.15) is 0 Å². The summed E-state index contributed by atoms with van der Waals surface area (Å²) in [5.74, 6) is 0. The van der Waals surface area contributed by atoms with Gasteiger partial charge < -0.3 is 10.4 Å². The van der Waals surface area contributed by atoms with Crippen molar-refractivity contribution in [3.8, 4) is 0 Å². The van der Waals surface area contributed by atoms with Crippen molar-refractivity contribution in [2.24, 2.45) is 0 Å². The van der Waals surface area contributed by atoms with Crippen molar-refractivity contribution in [3.63, 3.8) is 0 Å². The van der Waals surface area contributed by atoms with Crippen molar-refractivity contribution in [2.75, 3.05) is 7.05 Å². The largest absolute Gasteiger partial charge is 0.387 e. The van der Waals surface area contributed by atoms with Crippen LogP contribution in [0.5, 0.6) is 0 Å². The molecule has 1 aromatic rings. The van der Waals surface area contributed by atoms with E-state index in [-0.39, 0.29) is 6.04 Å². The number of likely N-dealkylation sites (N-methyl/N-ethyl adjacent to an activating group) is 1. The number of nitrogens with zero attached hydrogens (tertiary/aromatic N) is 1. The van der Waals surface area contributed by atoms with E-state index in [0.29, 0.717) is 0 Å². The average Bonchev–Trinajstić information content (AvgIpc) is 2.17. The van der Waals surface area contributed by atoms with Gasteiger partial charge in [-0.05, 0) is 20.0 Å². The van der Waals surface area contributed by atoms with Gasteiger partial charge in [0.05, 0.1) is 6.10 Å². The van der Waals surface area contributed by atoms with Gasteiger partial charge in [0, 0.05) is 24.0 Å². The molecular weight excluding hydrogens is 152 g/mol. The maximum Gasteiger partial charge on any atom is 0.0954 e. The van der Waals surface area contributed by atoms with E-state index in [1.807, 2.05) is 26.1 Å². The molecule has 66 valence electrons. The summed E-state index contributed by atoms with van der Waals surface area (Å²) in [4.78, 5) is 3.93. The van der Waals surface area contributed by atoms with Crippen molar-refractivity contribution in [1.82, 2.24) is 10.3 Å². The third kappa shape index (κ3) is 2.03. The lowest BCUT2D eigenvalue weighted by Crippen LogP contribution is -2.28. The maximum absolute atomic E-state index is 9.69. The summed E-state index contributed by atoms with van der Waals surface area (Å²) in [6, 6.07) is 3.74. The summed E-state index contributed by atoms with van der Waals surface area (Å²) >= 11 is 0. The van der Waals surface area contributed by atoms with Gasteiger partial charge in [-0.3, -0.25) is 4.98 Å². The molecule has 0 radical (unpaired) electrons. The van der Waals surface area contributed by atoms with E-state index in [2.05, 4.69) is 10.3 Å². The number of aliphatic hydroxyl groups excluding tert-OH is 1. The molecule has 12 heavy (non-hydrogen) atoms. The highest BCUT2D eigenvalue weighted by Gasteiger charge is 2.13. The number of aliphatic hydroxyl groups is 1. The Balaban J connectivity index is 2.71. The van der Waals surface area contributed by atoms with Gasteiger partial charge in [-0.15, -0.1) is 0 Å². The van der Waals surface area contributed by atoms with E-state index < -0.39 is 6.10 Å². The molecule has 2 unspecified atom stereocenters. The van der Waals surface area contributed by atoms with Gasteiger partial charge in [0.2, 0.25) is 0 Å². The van der Waals surface area contributed by atoms with Gasteiger partial charge in [0.25, 0.3) is 0 Å². The highest BCUT2D eigenvalue weighted by molar-refractivity contribution is 5.13. The molecule has 1 aromatic heterocycles. The Bertz CT molecular complexity index is 225. The Labute approximate surface area is 72.5 Å². The number of hydrogen-bond donors (Lipinski definition) is 2. The van der Waals surface area contributed by atoms with Crippen LogP contribution in [0.15, 0.2) is 24.5 Å². The zero-order chi connectivity index (χ0) is 8.97. The third-order valence-corrected chi connectivity index (χ3v) is 1.95. The zero-order valence-corrected chi connectivity index (χ0v) is 7.36. The first kappa shape index (κ1) is 9.16. The average molecular weight is 166 g/mol. The first-order valence-electron chi connectivity index (χ1n) is 4.01. The maximum atomic E-state index is 9.69. The van der Waals surface area contributed by atoms with Gasteiger partial charge in [-0.1, -0.05) is 6.07 Å². The van der Waals surface area contributed by atoms with Crippen LogP contribution in [0.2, 0.25) is 0 Å². The summed E-state index contributed by atoms with van der Waals surface area (Å²) in [7, 11) is 1.82. The minimum Gasteiger partial charge on any atom is -0.387 e. The normalized spacial score (nSPS) is 15.6. The van der Waals surface area contributed by atoms with E-state index in [9.17, 15) is 5.11 Å². The molecule has 0 saturated carbocycles. The number of pyridine rings is 1. The molecule has 0 aromatic carbocycles. The van der Waals surface area contributed by atoms with Crippen molar-refractivity contribution in [2.45, 2.75) is 19.1 Å². The molecule has 0 saturated heterocycles. The second kappa shape index (κ2) is 4.18. The first-order valence-corrected chi connectivity index (χ1v) is 4.01. The van der Waals surface area contributed by atoms with Gasteiger partial charge in [0.15, 0.2) is 0 Å². The minimum atomic E-state index is -0.483. The Kier molecular flexibility index (Phi) is 3.19. The molecule has 0 aliphatic carbocycles. The van der Waals surface area contributed by atoms with Crippen LogP contribution in [0.1, 0.15) is 18.6 Å². The SMILES string of the molecule is CNC(C)C(O)c1cccnc1. The van der Waals surface area contributed by atoms with Crippen molar-refractivity contribution in [1.29, 1.82) is 0 Å². The first-order chi connectivity index (χ1) is 5.75. The number of aromatic nitrogens is 1. The molecule has 0 aliphatic heterocycles. The van der Waals surface area contributed by atoms with Crippen LogP contribution in [0.3, 0.4) is 0 Å². The highest BCUT2D eigenvalue weighted by Crippen LogP contribution is 2.14. The molecule has 3 nitrogen and oxygen atoms in total. The second-order valence-corrected chi connectivity index (χ2v) is 2.81. The number of hydrogen-bond acceptors (Lipinski definition) is 3. The predicted octanol–water partition coefficient (Wildman–Crippen LogP) is 0.723. The van der Waals surface area contributed by atoms with E-state index in [1.54, 1.807) is 12.4 Å². The van der Waals surface area contributed by atoms with Crippen LogP contribution >= 0.6 is 0 Å². The van der Waals surface area contributed by atoms with Crippen LogP contribution in [0.4, 0.5) is 0 Å². The van der Waals surface area contributed by atoms with Crippen LogP contribution in [-0.4, -0.2) is 23.2 Å². The lowest BCUT2D eigenvalue weighted by atomic mass is 10.1. The fourth-order valence-electron chi connectivity index (χ4n) is 0.997. The fourth-order valence-corrected chi connectivity index (χ4v) is 0.997. The van der Waals surface area contributed by atoms with Crippen LogP contribution < -0.4 is 5.32 Å². The molecule has 0 fully saturated rings. The standard InChI is InChI=1S/C9H14N2O/c1-7(10-2)9(12)8-4-3-5-11-6-8/h3-7,9-10,12H,1-2H3. The molecule has 0 aliphatic rings. The third-order valence-electron chi connectivity index (χ3n) is 1.95. The number of nitrogens with one attached hydrogen (secondary N) is 1. The molecule has 0 spiro atoms. The van der Waals surface area contributed by atoms with Crippen molar-refractivity contribution in [3.05, 3.63) is 30.1 Å². The van der Waals surface area contributed by atoms with Gasteiger partial charge in [-0.25, -0.2) is 0 Å². The summed E-state index contributed by atoms with van der Waals surface area (Å²) in [6.45, 7) is 1.93. The van der Waals surface area contributed by atoms with Crippen molar-refractivity contribution >= 4 is 0 Å². The number of rotatable bonds is 3. The molecular formula is C9H14N2O. The smallest absolute Gasteiger partial charge is 0.0954 e. The Morgan fingerprint density at radius 3 is 2.83 bits per heavy atom. The second-order valence-electron chi connectivity index (χ2n) is 2.81. The summed E-state index contributed by atoms with van der Waals surface area (Å²) in [5, 5.41) is 12.7. The topological polar surface area (TPSA) is 45.1 Å². The molecule has 2 N–H and O–H groups in total. The Hall–Kier alpha value is -0.930. The molecule has 0 amide bonds. The van der Waals surface area contributed by atoms with E-state index >= 15 is 0 Å². The minimum absolute atomic E-state index is 0.0502. The van der Waals surface area contributed by atoms with E-state index in [0.717, 1.165) is 5.56 Å². The van der Waals surface area contributed by atoms with Crippen molar-refractivity contribution < 1.29 is 5.11 Å². The van der Waals surface area contributed by atoms with Crippen LogP contribution in [0.25, 0.3) is 0 Å². The summed E-state index contributed by atoms with van der Waals surface area (Å²) in [5.41, 5.74) is 0.847. The zero-order valence-electron chi connectivity index (χ0n) is 7.36. The van der Waals surface area contributed by atoms with Gasteiger partial charge in [-0.2, -0.15) is 0 Å². The monoisotopic (exact) mass is 166 g/mol. The predicted molar refractivity (Wildman–Crippen MR) is 47.7 cm³/mol. The Morgan fingerprint density at radius 2 is 2.33 bits per heavy atom. The summed E-state index contributed by atoms with van der Waals surface area (Å²) in [6.07, 6.45) is 2.89. The van der Waals surface area contributed by atoms with Crippen LogP contribution in [0, 0.1) is 0 Å². The van der Waals surface area contributed by atoms with Gasteiger partial charge >= 0.3 is 0 Å². The molecule has 3 heteroatoms. The quantitative estimate of drug-likeness (QED) is 0.695. The van der Waals surface area contributed by atoms with Crippen LogP contribution in [-0.2, 0) is 0 Å². The summed E-state index contributed by atoms with van der Waals surface area (Å²) < 4.78 is 0. The lowest BCUT2D eigenvalue weighted by Gasteiger charge is -2.17. The van der Waals surface area contributed by atoms with E-state index in [4.69, 9.17) is 0 Å². The fraction of sp³-hybridized carbons (Fsp3) is 0.444. The lowest BCUT2D eigenvalue weighted by molar-refractivity contribution is 0.140. The molecule has 1 rings (SSSR count). The molecule has 2 atom stereocenters. The van der Waals surface area contributed by atoms with E-state index in [1.165, 1.54) is 0 Å². The molecule has 0 bridgehead atoms. The molecule has 1 heterocycles.